The van der Waals surface area contributed by atoms with E-state index in [2.05, 4.69) is 29.2 Å². The van der Waals surface area contributed by atoms with Gasteiger partial charge in [-0.3, -0.25) is 4.79 Å². The lowest BCUT2D eigenvalue weighted by Crippen LogP contribution is -2.30. The van der Waals surface area contributed by atoms with Crippen LogP contribution >= 0.6 is 11.3 Å². The number of likely N-dealkylation sites (tertiary alicyclic amines) is 1. The number of carbonyl (C=O) groups excluding carboxylic acids is 1. The maximum absolute atomic E-state index is 12.8. The molecular weight excluding hydrogens is 332 g/mol. The molecule has 2 aromatic rings. The van der Waals surface area contributed by atoms with Gasteiger partial charge in [-0.05, 0) is 44.1 Å². The third kappa shape index (κ3) is 3.48. The van der Waals surface area contributed by atoms with E-state index < -0.39 is 0 Å². The minimum atomic E-state index is 0.166. The lowest BCUT2D eigenvalue weighted by atomic mass is 10.0. The SMILES string of the molecule is Cc1nc(C)c(C(=O)N2C[C@H]3CC(OCc4ccccc4)C[C@H]3C2)s1. The van der Waals surface area contributed by atoms with E-state index in [0.717, 1.165) is 41.5 Å². The number of hydrogen-bond acceptors (Lipinski definition) is 4. The lowest BCUT2D eigenvalue weighted by Gasteiger charge is -2.19. The molecule has 132 valence electrons. The zero-order chi connectivity index (χ0) is 17.4. The molecule has 0 radical (unpaired) electrons. The number of carbonyl (C=O) groups is 1. The summed E-state index contributed by atoms with van der Waals surface area (Å²) in [5.74, 6) is 1.33. The number of benzene rings is 1. The molecule has 2 aliphatic rings. The van der Waals surface area contributed by atoms with E-state index in [1.54, 1.807) is 0 Å². The van der Waals surface area contributed by atoms with Gasteiger partial charge in [0.25, 0.3) is 5.91 Å². The monoisotopic (exact) mass is 356 g/mol. The summed E-state index contributed by atoms with van der Waals surface area (Å²) in [6, 6.07) is 10.3. The van der Waals surface area contributed by atoms with E-state index in [1.165, 1.54) is 16.9 Å². The van der Waals surface area contributed by atoms with Crippen LogP contribution in [0.4, 0.5) is 0 Å². The van der Waals surface area contributed by atoms with Crippen LogP contribution in [0.25, 0.3) is 0 Å². The Balaban J connectivity index is 1.31. The van der Waals surface area contributed by atoms with E-state index in [4.69, 9.17) is 4.74 Å². The van der Waals surface area contributed by atoms with Crippen molar-refractivity contribution in [1.29, 1.82) is 0 Å². The van der Waals surface area contributed by atoms with Gasteiger partial charge in [0.15, 0.2) is 0 Å². The Morgan fingerprint density at radius 1 is 1.20 bits per heavy atom. The van der Waals surface area contributed by atoms with Crippen LogP contribution in [0.2, 0.25) is 0 Å². The van der Waals surface area contributed by atoms with Gasteiger partial charge in [0.2, 0.25) is 0 Å². The molecule has 1 unspecified atom stereocenters. The fourth-order valence-electron chi connectivity index (χ4n) is 4.21. The molecule has 3 atom stereocenters. The molecule has 2 fully saturated rings. The van der Waals surface area contributed by atoms with Crippen LogP contribution in [0, 0.1) is 25.7 Å². The van der Waals surface area contributed by atoms with Gasteiger partial charge in [-0.25, -0.2) is 4.98 Å². The van der Waals surface area contributed by atoms with E-state index in [0.29, 0.717) is 24.5 Å². The molecule has 1 aromatic heterocycles. The fourth-order valence-corrected chi connectivity index (χ4v) is 5.10. The van der Waals surface area contributed by atoms with Crippen LogP contribution < -0.4 is 0 Å². The normalized spacial score (nSPS) is 25.4. The van der Waals surface area contributed by atoms with Crippen LogP contribution in [0.15, 0.2) is 30.3 Å². The van der Waals surface area contributed by atoms with Crippen LogP contribution in [0.1, 0.15) is 38.8 Å². The molecule has 2 heterocycles. The molecule has 25 heavy (non-hydrogen) atoms. The molecule has 1 saturated carbocycles. The van der Waals surface area contributed by atoms with Crippen molar-refractivity contribution in [2.45, 2.75) is 39.4 Å². The van der Waals surface area contributed by atoms with Crippen molar-refractivity contribution in [1.82, 2.24) is 9.88 Å². The number of ether oxygens (including phenoxy) is 1. The molecule has 4 rings (SSSR count). The molecule has 1 aromatic carbocycles. The summed E-state index contributed by atoms with van der Waals surface area (Å²) in [7, 11) is 0. The second-order valence-electron chi connectivity index (χ2n) is 7.27. The van der Waals surface area contributed by atoms with Crippen molar-refractivity contribution in [3.63, 3.8) is 0 Å². The van der Waals surface area contributed by atoms with E-state index >= 15 is 0 Å². The van der Waals surface area contributed by atoms with Crippen molar-refractivity contribution in [2.24, 2.45) is 11.8 Å². The standard InChI is InChI=1S/C20H24N2O2S/c1-13-19(25-14(2)21-13)20(23)22-10-16-8-18(9-17(16)11-22)24-12-15-6-4-3-5-7-15/h3-7,16-18H,8-12H2,1-2H3/t16-,17+,18?. The third-order valence-corrected chi connectivity index (χ3v) is 6.48. The summed E-state index contributed by atoms with van der Waals surface area (Å²) in [5, 5.41) is 0.967. The average Bonchev–Trinajstić information content (AvgIpc) is 3.26. The molecular formula is C20H24N2O2S. The number of hydrogen-bond donors (Lipinski definition) is 0. The zero-order valence-corrected chi connectivity index (χ0v) is 15.6. The zero-order valence-electron chi connectivity index (χ0n) is 14.8. The summed E-state index contributed by atoms with van der Waals surface area (Å²) in [6.07, 6.45) is 2.48. The second-order valence-corrected chi connectivity index (χ2v) is 8.47. The molecule has 1 aliphatic heterocycles. The Hall–Kier alpha value is -1.72. The highest BCUT2D eigenvalue weighted by molar-refractivity contribution is 7.13. The number of nitrogens with zero attached hydrogens (tertiary/aromatic N) is 2. The Morgan fingerprint density at radius 2 is 1.88 bits per heavy atom. The highest BCUT2D eigenvalue weighted by Gasteiger charge is 2.43. The molecule has 5 heteroatoms. The number of amides is 1. The highest BCUT2D eigenvalue weighted by atomic mass is 32.1. The molecule has 1 aliphatic carbocycles. The summed E-state index contributed by atoms with van der Waals surface area (Å²) >= 11 is 1.52. The van der Waals surface area contributed by atoms with Gasteiger partial charge in [-0.15, -0.1) is 11.3 Å². The molecule has 0 spiro atoms. The van der Waals surface area contributed by atoms with Crippen molar-refractivity contribution in [3.05, 3.63) is 51.5 Å². The van der Waals surface area contributed by atoms with Crippen LogP contribution in [0.3, 0.4) is 0 Å². The predicted octanol–water partition coefficient (Wildman–Crippen LogP) is 3.83. The van der Waals surface area contributed by atoms with E-state index in [-0.39, 0.29) is 5.91 Å². The molecule has 4 nitrogen and oxygen atoms in total. The maximum Gasteiger partial charge on any atom is 0.265 e. The first-order chi connectivity index (χ1) is 12.1. The van der Waals surface area contributed by atoms with Crippen LogP contribution in [-0.2, 0) is 11.3 Å². The first-order valence-corrected chi connectivity index (χ1v) is 9.80. The lowest BCUT2D eigenvalue weighted by molar-refractivity contribution is 0.0368. The number of rotatable bonds is 4. The van der Waals surface area contributed by atoms with Crippen LogP contribution in [-0.4, -0.2) is 35.0 Å². The topological polar surface area (TPSA) is 42.4 Å². The van der Waals surface area contributed by atoms with Crippen molar-refractivity contribution < 1.29 is 9.53 Å². The van der Waals surface area contributed by atoms with Crippen molar-refractivity contribution in [2.75, 3.05) is 13.1 Å². The van der Waals surface area contributed by atoms with Crippen molar-refractivity contribution >= 4 is 17.2 Å². The largest absolute Gasteiger partial charge is 0.374 e. The van der Waals surface area contributed by atoms with E-state index in [1.807, 2.05) is 24.8 Å². The smallest absolute Gasteiger partial charge is 0.265 e. The average molecular weight is 356 g/mol. The number of aromatic nitrogens is 1. The summed E-state index contributed by atoms with van der Waals surface area (Å²) in [4.78, 5) is 20.0. The van der Waals surface area contributed by atoms with Gasteiger partial charge >= 0.3 is 0 Å². The quantitative estimate of drug-likeness (QED) is 0.836. The van der Waals surface area contributed by atoms with Gasteiger partial charge < -0.3 is 9.64 Å². The third-order valence-electron chi connectivity index (χ3n) is 5.42. The van der Waals surface area contributed by atoms with Gasteiger partial charge in [0, 0.05) is 13.1 Å². The minimum absolute atomic E-state index is 0.166. The predicted molar refractivity (Wildman–Crippen MR) is 98.7 cm³/mol. The Labute approximate surface area is 152 Å². The first-order valence-electron chi connectivity index (χ1n) is 8.99. The maximum atomic E-state index is 12.8. The number of thiazole rings is 1. The Kier molecular flexibility index (Phi) is 4.61. The summed E-state index contributed by atoms with van der Waals surface area (Å²) in [5.41, 5.74) is 2.10. The highest BCUT2D eigenvalue weighted by Crippen LogP contribution is 2.40. The summed E-state index contributed by atoms with van der Waals surface area (Å²) < 4.78 is 6.12. The minimum Gasteiger partial charge on any atom is -0.374 e. The fraction of sp³-hybridized carbons (Fsp3) is 0.500. The Bertz CT molecular complexity index is 744. The van der Waals surface area contributed by atoms with Gasteiger partial charge in [-0.2, -0.15) is 0 Å². The second kappa shape index (κ2) is 6.89. The summed E-state index contributed by atoms with van der Waals surface area (Å²) in [6.45, 7) is 6.31. The van der Waals surface area contributed by atoms with Gasteiger partial charge in [0.05, 0.1) is 23.4 Å². The molecule has 0 N–H and O–H groups in total. The molecule has 1 amide bonds. The van der Waals surface area contributed by atoms with Gasteiger partial charge in [0.1, 0.15) is 4.88 Å². The number of aryl methyl sites for hydroxylation is 2. The van der Waals surface area contributed by atoms with Crippen molar-refractivity contribution in [3.8, 4) is 0 Å². The number of fused-ring (bicyclic) bond motifs is 1. The molecule has 1 saturated heterocycles. The van der Waals surface area contributed by atoms with Gasteiger partial charge in [-0.1, -0.05) is 30.3 Å². The molecule has 0 bridgehead atoms. The first kappa shape index (κ1) is 16.7. The van der Waals surface area contributed by atoms with E-state index in [9.17, 15) is 4.79 Å². The Morgan fingerprint density at radius 3 is 2.48 bits per heavy atom. The van der Waals surface area contributed by atoms with Crippen LogP contribution in [0.5, 0.6) is 0 Å².